The van der Waals surface area contributed by atoms with E-state index >= 15 is 0 Å². The molecule has 0 saturated heterocycles. The smallest absolute Gasteiger partial charge is 0.408 e. The molecule has 1 rings (SSSR count). The van der Waals surface area contributed by atoms with Gasteiger partial charge in [0.2, 0.25) is 0 Å². The number of hydrogen-bond donors (Lipinski definition) is 3. The van der Waals surface area contributed by atoms with Crippen LogP contribution >= 0.6 is 0 Å². The number of nitrogens with one attached hydrogen (secondary N) is 2. The number of hydroxylamine groups is 1. The van der Waals surface area contributed by atoms with Crippen molar-refractivity contribution < 1.29 is 14.7 Å². The molecular formula is C13H20N2O3. The number of ether oxygens (including phenoxy) is 1. The summed E-state index contributed by atoms with van der Waals surface area (Å²) < 4.78 is 5.18. The lowest BCUT2D eigenvalue weighted by atomic mass is 10.1. The quantitative estimate of drug-likeness (QED) is 0.719. The van der Waals surface area contributed by atoms with Crippen molar-refractivity contribution >= 4 is 6.09 Å². The Hall–Kier alpha value is -1.59. The van der Waals surface area contributed by atoms with Gasteiger partial charge in [0.1, 0.15) is 5.60 Å². The van der Waals surface area contributed by atoms with Crippen molar-refractivity contribution in [2.45, 2.75) is 32.4 Å². The van der Waals surface area contributed by atoms with Gasteiger partial charge in [-0.05, 0) is 26.3 Å². The molecule has 5 nitrogen and oxygen atoms in total. The third-order valence-electron chi connectivity index (χ3n) is 2.19. The summed E-state index contributed by atoms with van der Waals surface area (Å²) in [5.74, 6) is 0. The molecule has 1 unspecified atom stereocenters. The second-order valence-corrected chi connectivity index (χ2v) is 4.97. The molecule has 0 heterocycles. The van der Waals surface area contributed by atoms with Gasteiger partial charge < -0.3 is 15.3 Å². The number of carbonyl (C=O) groups is 1. The highest BCUT2D eigenvalue weighted by Gasteiger charge is 2.20. The fourth-order valence-corrected chi connectivity index (χ4v) is 1.48. The zero-order valence-corrected chi connectivity index (χ0v) is 10.9. The Kier molecular flexibility index (Phi) is 5.12. The molecule has 0 saturated carbocycles. The van der Waals surface area contributed by atoms with Crippen LogP contribution in [0.4, 0.5) is 4.79 Å². The minimum atomic E-state index is -0.544. The first kappa shape index (κ1) is 14.5. The van der Waals surface area contributed by atoms with Gasteiger partial charge in [0, 0.05) is 6.54 Å². The maximum atomic E-state index is 11.7. The topological polar surface area (TPSA) is 70.6 Å². The van der Waals surface area contributed by atoms with E-state index in [9.17, 15) is 4.79 Å². The Morgan fingerprint density at radius 1 is 1.33 bits per heavy atom. The number of rotatable bonds is 4. The molecule has 0 radical (unpaired) electrons. The van der Waals surface area contributed by atoms with Crippen LogP contribution < -0.4 is 10.8 Å². The van der Waals surface area contributed by atoms with Crippen LogP contribution in [0, 0.1) is 0 Å². The molecule has 0 aliphatic rings. The number of carbonyl (C=O) groups excluding carboxylic acids is 1. The van der Waals surface area contributed by atoms with Crippen molar-refractivity contribution in [3.63, 3.8) is 0 Å². The van der Waals surface area contributed by atoms with E-state index in [1.807, 2.05) is 30.3 Å². The summed E-state index contributed by atoms with van der Waals surface area (Å²) in [4.78, 5) is 11.7. The molecule has 0 fully saturated rings. The first-order valence-corrected chi connectivity index (χ1v) is 5.84. The largest absolute Gasteiger partial charge is 0.444 e. The van der Waals surface area contributed by atoms with Crippen molar-refractivity contribution in [3.8, 4) is 0 Å². The van der Waals surface area contributed by atoms with Crippen LogP contribution in [-0.2, 0) is 4.74 Å². The summed E-state index contributed by atoms with van der Waals surface area (Å²) in [6.45, 7) is 5.61. The van der Waals surface area contributed by atoms with E-state index in [-0.39, 0.29) is 12.6 Å². The Labute approximate surface area is 107 Å². The fraction of sp³-hybridized carbons (Fsp3) is 0.462. The molecule has 0 aliphatic carbocycles. The minimum absolute atomic E-state index is 0.212. The summed E-state index contributed by atoms with van der Waals surface area (Å²) in [6.07, 6.45) is -0.508. The van der Waals surface area contributed by atoms with Crippen molar-refractivity contribution in [1.82, 2.24) is 10.8 Å². The number of alkyl carbamates (subject to hydrolysis) is 1. The Morgan fingerprint density at radius 2 is 1.94 bits per heavy atom. The number of amides is 1. The third-order valence-corrected chi connectivity index (χ3v) is 2.19. The van der Waals surface area contributed by atoms with Gasteiger partial charge in [-0.1, -0.05) is 30.3 Å². The molecule has 1 aromatic rings. The first-order chi connectivity index (χ1) is 8.42. The van der Waals surface area contributed by atoms with E-state index in [1.54, 1.807) is 20.8 Å². The Morgan fingerprint density at radius 3 is 2.44 bits per heavy atom. The molecule has 0 spiro atoms. The second kappa shape index (κ2) is 6.37. The molecule has 100 valence electrons. The van der Waals surface area contributed by atoms with Gasteiger partial charge in [-0.3, -0.25) is 0 Å². The van der Waals surface area contributed by atoms with Crippen LogP contribution in [0.3, 0.4) is 0 Å². The average Bonchev–Trinajstić information content (AvgIpc) is 2.27. The van der Waals surface area contributed by atoms with Crippen LogP contribution in [0.15, 0.2) is 30.3 Å². The van der Waals surface area contributed by atoms with Crippen molar-refractivity contribution in [2.75, 3.05) is 6.54 Å². The first-order valence-electron chi connectivity index (χ1n) is 5.84. The van der Waals surface area contributed by atoms with Crippen molar-refractivity contribution in [2.24, 2.45) is 0 Å². The third kappa shape index (κ3) is 5.16. The standard InChI is InChI=1S/C13H20N2O3/c1-13(2,3)18-12(16)15-11(9-14-17)10-7-5-4-6-8-10/h4-8,11,14,17H,9H2,1-3H3,(H,15,16). The lowest BCUT2D eigenvalue weighted by molar-refractivity contribution is 0.0488. The molecule has 5 heteroatoms. The molecule has 3 N–H and O–H groups in total. The molecule has 0 bridgehead atoms. The summed E-state index contributed by atoms with van der Waals surface area (Å²) >= 11 is 0. The second-order valence-electron chi connectivity index (χ2n) is 4.97. The van der Waals surface area contributed by atoms with Gasteiger partial charge in [-0.2, -0.15) is 0 Å². The summed E-state index contributed by atoms with van der Waals surface area (Å²) in [6, 6.07) is 9.04. The van der Waals surface area contributed by atoms with Crippen molar-refractivity contribution in [1.29, 1.82) is 0 Å². The van der Waals surface area contributed by atoms with Gasteiger partial charge in [0.15, 0.2) is 0 Å². The van der Waals surface area contributed by atoms with Gasteiger partial charge in [0.25, 0.3) is 0 Å². The van der Waals surface area contributed by atoms with Crippen LogP contribution in [0.5, 0.6) is 0 Å². The fourth-order valence-electron chi connectivity index (χ4n) is 1.48. The van der Waals surface area contributed by atoms with E-state index in [0.717, 1.165) is 5.56 Å². The molecule has 18 heavy (non-hydrogen) atoms. The summed E-state index contributed by atoms with van der Waals surface area (Å²) in [7, 11) is 0. The van der Waals surface area contributed by atoms with Crippen LogP contribution in [0.1, 0.15) is 32.4 Å². The van der Waals surface area contributed by atoms with E-state index in [2.05, 4.69) is 10.8 Å². The predicted octanol–water partition coefficient (Wildman–Crippen LogP) is 2.23. The molecule has 1 aromatic carbocycles. The Bertz CT molecular complexity index is 374. The molecule has 1 atom stereocenters. The maximum absolute atomic E-state index is 11.7. The Balaban J connectivity index is 2.67. The van der Waals surface area contributed by atoms with E-state index in [4.69, 9.17) is 9.94 Å². The highest BCUT2D eigenvalue weighted by molar-refractivity contribution is 5.68. The predicted molar refractivity (Wildman–Crippen MR) is 68.3 cm³/mol. The number of benzene rings is 1. The highest BCUT2D eigenvalue weighted by Crippen LogP contribution is 2.13. The van der Waals surface area contributed by atoms with Gasteiger partial charge in [-0.15, -0.1) is 0 Å². The highest BCUT2D eigenvalue weighted by atomic mass is 16.6. The van der Waals surface area contributed by atoms with E-state index in [0.29, 0.717) is 0 Å². The van der Waals surface area contributed by atoms with E-state index in [1.165, 1.54) is 0 Å². The monoisotopic (exact) mass is 252 g/mol. The molecule has 1 amide bonds. The van der Waals surface area contributed by atoms with E-state index < -0.39 is 11.7 Å². The summed E-state index contributed by atoms with van der Waals surface area (Å²) in [5.41, 5.74) is 2.41. The zero-order chi connectivity index (χ0) is 13.6. The van der Waals surface area contributed by atoms with Gasteiger partial charge in [-0.25, -0.2) is 10.3 Å². The molecular weight excluding hydrogens is 232 g/mol. The van der Waals surface area contributed by atoms with Crippen LogP contribution in [0.2, 0.25) is 0 Å². The normalized spacial score (nSPS) is 12.9. The molecule has 0 aromatic heterocycles. The maximum Gasteiger partial charge on any atom is 0.408 e. The lowest BCUT2D eigenvalue weighted by Gasteiger charge is -2.23. The van der Waals surface area contributed by atoms with Crippen LogP contribution in [0.25, 0.3) is 0 Å². The number of hydrogen-bond acceptors (Lipinski definition) is 4. The van der Waals surface area contributed by atoms with Crippen LogP contribution in [-0.4, -0.2) is 23.4 Å². The lowest BCUT2D eigenvalue weighted by Crippen LogP contribution is -2.38. The average molecular weight is 252 g/mol. The van der Waals surface area contributed by atoms with Gasteiger partial charge in [0.05, 0.1) is 6.04 Å². The summed E-state index contributed by atoms with van der Waals surface area (Å²) in [5, 5.41) is 11.5. The van der Waals surface area contributed by atoms with Gasteiger partial charge >= 0.3 is 6.09 Å². The molecule has 0 aliphatic heterocycles. The van der Waals surface area contributed by atoms with Crippen molar-refractivity contribution in [3.05, 3.63) is 35.9 Å². The minimum Gasteiger partial charge on any atom is -0.444 e. The zero-order valence-electron chi connectivity index (χ0n) is 10.9. The SMILES string of the molecule is CC(C)(C)OC(=O)NC(CNO)c1ccccc1.